The van der Waals surface area contributed by atoms with Crippen molar-refractivity contribution in [1.82, 2.24) is 9.97 Å². The topological polar surface area (TPSA) is 63.8 Å². The number of hydrogen-bond acceptors (Lipinski definition) is 4. The molecule has 0 aliphatic carbocycles. The molecular weight excluding hydrogens is 176 g/mol. The van der Waals surface area contributed by atoms with E-state index in [9.17, 15) is 0 Å². The van der Waals surface area contributed by atoms with Crippen molar-refractivity contribution in [2.45, 2.75) is 32.7 Å². The summed E-state index contributed by atoms with van der Waals surface area (Å²) in [6.45, 7) is 4.79. The Morgan fingerprint density at radius 2 is 2.07 bits per heavy atom. The number of aryl methyl sites for hydroxylation is 1. The van der Waals surface area contributed by atoms with E-state index in [0.29, 0.717) is 12.5 Å². The van der Waals surface area contributed by atoms with E-state index in [-0.39, 0.29) is 6.04 Å². The van der Waals surface area contributed by atoms with Gasteiger partial charge in [-0.25, -0.2) is 9.97 Å². The number of nitrogens with one attached hydrogen (secondary N) is 1. The molecule has 1 heterocycles. The van der Waals surface area contributed by atoms with Gasteiger partial charge >= 0.3 is 0 Å². The molecule has 1 rings (SSSR count). The first kappa shape index (κ1) is 10.9. The summed E-state index contributed by atoms with van der Waals surface area (Å²) < 4.78 is 0. The first-order valence-corrected chi connectivity index (χ1v) is 5.02. The summed E-state index contributed by atoms with van der Waals surface area (Å²) in [5.41, 5.74) is 6.78. The fraction of sp³-hybridized carbons (Fsp3) is 0.600. The Hall–Kier alpha value is -1.16. The molecule has 1 unspecified atom stereocenters. The van der Waals surface area contributed by atoms with Crippen molar-refractivity contribution in [3.05, 3.63) is 18.0 Å². The van der Waals surface area contributed by atoms with Crippen molar-refractivity contribution in [3.63, 3.8) is 0 Å². The van der Waals surface area contributed by atoms with Crippen LogP contribution in [0, 0.1) is 0 Å². The second kappa shape index (κ2) is 5.54. The third kappa shape index (κ3) is 3.70. The normalized spacial score (nSPS) is 12.5. The van der Waals surface area contributed by atoms with Gasteiger partial charge in [-0.15, -0.1) is 0 Å². The molecule has 0 aliphatic rings. The maximum absolute atomic E-state index is 5.60. The molecule has 0 amide bonds. The van der Waals surface area contributed by atoms with Gasteiger partial charge < -0.3 is 11.1 Å². The summed E-state index contributed by atoms with van der Waals surface area (Å²) in [5.74, 6) is 0.655. The van der Waals surface area contributed by atoms with Crippen LogP contribution in [0.25, 0.3) is 0 Å². The van der Waals surface area contributed by atoms with Crippen molar-refractivity contribution in [2.24, 2.45) is 5.73 Å². The van der Waals surface area contributed by atoms with Crippen LogP contribution in [0.15, 0.2) is 12.4 Å². The van der Waals surface area contributed by atoms with Crippen LogP contribution in [-0.2, 0) is 6.42 Å². The first-order chi connectivity index (χ1) is 6.72. The molecule has 0 radical (unpaired) electrons. The van der Waals surface area contributed by atoms with Crippen molar-refractivity contribution in [1.29, 1.82) is 0 Å². The molecule has 0 saturated carbocycles. The van der Waals surface area contributed by atoms with Gasteiger partial charge in [-0.2, -0.15) is 0 Å². The Balaban J connectivity index is 2.46. The van der Waals surface area contributed by atoms with Gasteiger partial charge in [-0.1, -0.05) is 13.3 Å². The number of hydrogen-bond donors (Lipinski definition) is 2. The fourth-order valence-corrected chi connectivity index (χ4v) is 1.12. The van der Waals surface area contributed by atoms with Gasteiger partial charge in [0.25, 0.3) is 0 Å². The van der Waals surface area contributed by atoms with Crippen LogP contribution < -0.4 is 11.1 Å². The highest BCUT2D eigenvalue weighted by Gasteiger charge is 1.98. The lowest BCUT2D eigenvalue weighted by molar-refractivity contribution is 0.772. The molecule has 0 saturated heterocycles. The molecule has 0 aromatic carbocycles. The largest absolute Gasteiger partial charge is 0.353 e. The zero-order valence-corrected chi connectivity index (χ0v) is 8.83. The van der Waals surface area contributed by atoms with Gasteiger partial charge in [0.05, 0.1) is 0 Å². The Morgan fingerprint density at radius 3 is 2.57 bits per heavy atom. The van der Waals surface area contributed by atoms with Gasteiger partial charge in [0.1, 0.15) is 0 Å². The van der Waals surface area contributed by atoms with Gasteiger partial charge in [-0.3, -0.25) is 0 Å². The second-order valence-electron chi connectivity index (χ2n) is 3.52. The average molecular weight is 194 g/mol. The van der Waals surface area contributed by atoms with Gasteiger partial charge in [0, 0.05) is 25.0 Å². The highest BCUT2D eigenvalue weighted by atomic mass is 15.1. The van der Waals surface area contributed by atoms with Crippen molar-refractivity contribution in [2.75, 3.05) is 11.9 Å². The third-order valence-electron chi connectivity index (χ3n) is 1.83. The van der Waals surface area contributed by atoms with E-state index in [1.54, 1.807) is 0 Å². The Labute approximate surface area is 85.0 Å². The molecule has 0 fully saturated rings. The predicted molar refractivity (Wildman–Crippen MR) is 58.2 cm³/mol. The van der Waals surface area contributed by atoms with E-state index in [1.165, 1.54) is 5.56 Å². The first-order valence-electron chi connectivity index (χ1n) is 5.02. The Morgan fingerprint density at radius 1 is 1.43 bits per heavy atom. The molecule has 78 valence electrons. The molecule has 4 nitrogen and oxygen atoms in total. The lowest BCUT2D eigenvalue weighted by Gasteiger charge is -2.07. The second-order valence-corrected chi connectivity index (χ2v) is 3.52. The van der Waals surface area contributed by atoms with Crippen LogP contribution in [0.4, 0.5) is 5.95 Å². The standard InChI is InChI=1S/C10H18N4/c1-3-4-9-6-13-10(14-7-9)12-5-8(2)11/h6-8H,3-5,11H2,1-2H3,(H,12,13,14). The van der Waals surface area contributed by atoms with Gasteiger partial charge in [0.2, 0.25) is 5.95 Å². The van der Waals surface area contributed by atoms with E-state index in [0.717, 1.165) is 12.8 Å². The van der Waals surface area contributed by atoms with Crippen LogP contribution in [0.5, 0.6) is 0 Å². The van der Waals surface area contributed by atoms with Gasteiger partial charge in [0.15, 0.2) is 0 Å². The minimum absolute atomic E-state index is 0.119. The number of rotatable bonds is 5. The molecule has 0 spiro atoms. The minimum atomic E-state index is 0.119. The average Bonchev–Trinajstić information content (AvgIpc) is 2.17. The molecule has 1 atom stereocenters. The highest BCUT2D eigenvalue weighted by molar-refractivity contribution is 5.24. The smallest absolute Gasteiger partial charge is 0.222 e. The van der Waals surface area contributed by atoms with Crippen LogP contribution >= 0.6 is 0 Å². The summed E-state index contributed by atoms with van der Waals surface area (Å²) in [5, 5.41) is 3.07. The SMILES string of the molecule is CCCc1cnc(NCC(C)N)nc1. The van der Waals surface area contributed by atoms with Crippen LogP contribution in [0.3, 0.4) is 0 Å². The Kier molecular flexibility index (Phi) is 4.32. The predicted octanol–water partition coefficient (Wildman–Crippen LogP) is 1.19. The van der Waals surface area contributed by atoms with E-state index in [2.05, 4.69) is 22.2 Å². The zero-order chi connectivity index (χ0) is 10.4. The van der Waals surface area contributed by atoms with Crippen molar-refractivity contribution in [3.8, 4) is 0 Å². The third-order valence-corrected chi connectivity index (χ3v) is 1.83. The summed E-state index contributed by atoms with van der Waals surface area (Å²) in [6.07, 6.45) is 5.88. The van der Waals surface area contributed by atoms with Crippen LogP contribution in [0.1, 0.15) is 25.8 Å². The van der Waals surface area contributed by atoms with Crippen LogP contribution in [-0.4, -0.2) is 22.6 Å². The van der Waals surface area contributed by atoms with E-state index >= 15 is 0 Å². The molecule has 1 aromatic rings. The number of nitrogens with zero attached hydrogens (tertiary/aromatic N) is 2. The minimum Gasteiger partial charge on any atom is -0.353 e. The maximum Gasteiger partial charge on any atom is 0.222 e. The number of anilines is 1. The molecule has 4 heteroatoms. The molecule has 3 N–H and O–H groups in total. The number of nitrogens with two attached hydrogens (primary N) is 1. The summed E-state index contributed by atoms with van der Waals surface area (Å²) in [7, 11) is 0. The quantitative estimate of drug-likeness (QED) is 0.739. The van der Waals surface area contributed by atoms with E-state index in [4.69, 9.17) is 5.73 Å². The van der Waals surface area contributed by atoms with E-state index in [1.807, 2.05) is 19.3 Å². The van der Waals surface area contributed by atoms with E-state index < -0.39 is 0 Å². The van der Waals surface area contributed by atoms with Crippen molar-refractivity contribution < 1.29 is 0 Å². The summed E-state index contributed by atoms with van der Waals surface area (Å²) >= 11 is 0. The monoisotopic (exact) mass is 194 g/mol. The molecule has 0 aliphatic heterocycles. The summed E-state index contributed by atoms with van der Waals surface area (Å²) in [6, 6.07) is 0.119. The lowest BCUT2D eigenvalue weighted by atomic mass is 10.2. The maximum atomic E-state index is 5.60. The molecule has 14 heavy (non-hydrogen) atoms. The molecule has 1 aromatic heterocycles. The Bertz CT molecular complexity index is 255. The zero-order valence-electron chi connectivity index (χ0n) is 8.83. The molecular formula is C10H18N4. The summed E-state index contributed by atoms with van der Waals surface area (Å²) in [4.78, 5) is 8.38. The highest BCUT2D eigenvalue weighted by Crippen LogP contribution is 2.02. The fourth-order valence-electron chi connectivity index (χ4n) is 1.12. The number of aromatic nitrogens is 2. The van der Waals surface area contributed by atoms with Crippen LogP contribution in [0.2, 0.25) is 0 Å². The molecule has 0 bridgehead atoms. The van der Waals surface area contributed by atoms with Crippen molar-refractivity contribution >= 4 is 5.95 Å². The lowest BCUT2D eigenvalue weighted by Crippen LogP contribution is -2.25. The van der Waals surface area contributed by atoms with Gasteiger partial charge in [-0.05, 0) is 18.9 Å².